The number of anilines is 2. The van der Waals surface area contributed by atoms with Crippen LogP contribution in [-0.2, 0) is 4.79 Å². The fraction of sp³-hybridized carbons (Fsp3) is 0.360. The monoisotopic (exact) mass is 509 g/mol. The molecular weight excluding hydrogens is 482 g/mol. The van der Waals surface area contributed by atoms with Gasteiger partial charge in [-0.1, -0.05) is 12.1 Å². The second-order valence-electron chi connectivity index (χ2n) is 8.72. The van der Waals surface area contributed by atoms with Crippen LogP contribution in [0.4, 0.5) is 16.4 Å². The molecule has 0 aliphatic carbocycles. The number of ether oxygens (including phenoxy) is 4. The van der Waals surface area contributed by atoms with Crippen molar-refractivity contribution >= 4 is 34.5 Å². The van der Waals surface area contributed by atoms with Crippen molar-refractivity contribution in [2.75, 3.05) is 51.3 Å². The summed E-state index contributed by atoms with van der Waals surface area (Å²) in [5, 5.41) is 2.70. The average molecular weight is 510 g/mol. The minimum absolute atomic E-state index is 0.225. The predicted octanol–water partition coefficient (Wildman–Crippen LogP) is 2.05. The number of carbonyl (C=O) groups excluding carboxylic acids is 2. The summed E-state index contributed by atoms with van der Waals surface area (Å²) in [5.74, 6) is 1.40. The van der Waals surface area contributed by atoms with E-state index in [0.717, 1.165) is 0 Å². The normalized spacial score (nSPS) is 16.8. The number of nitrogens with zero attached hydrogens (tertiary/aromatic N) is 3. The van der Waals surface area contributed by atoms with Crippen LogP contribution in [0.2, 0.25) is 0 Å². The lowest BCUT2D eigenvalue weighted by molar-refractivity contribution is -0.124. The Labute approximate surface area is 212 Å². The molecule has 3 amide bonds. The Morgan fingerprint density at radius 3 is 2.22 bits per heavy atom. The van der Waals surface area contributed by atoms with E-state index in [0.29, 0.717) is 60.3 Å². The van der Waals surface area contributed by atoms with E-state index in [-0.39, 0.29) is 17.0 Å². The molecule has 1 aromatic heterocycles. The molecule has 3 heterocycles. The van der Waals surface area contributed by atoms with Crippen molar-refractivity contribution in [1.29, 1.82) is 0 Å². The number of rotatable bonds is 6. The minimum atomic E-state index is -1.08. The molecule has 2 fully saturated rings. The molecular formula is C25H27N5O7. The molecule has 2 saturated heterocycles. The molecule has 0 unspecified atom stereocenters. The maximum absolute atomic E-state index is 13.1. The van der Waals surface area contributed by atoms with Gasteiger partial charge in [0.05, 0.1) is 39.6 Å². The van der Waals surface area contributed by atoms with Crippen molar-refractivity contribution in [2.24, 2.45) is 0 Å². The number of fused-ring (bicyclic) bond motifs is 1. The number of amides is 3. The number of methoxy groups -OCH3 is 4. The first-order valence-corrected chi connectivity index (χ1v) is 11.6. The summed E-state index contributed by atoms with van der Waals surface area (Å²) in [7, 11) is 5.92. The number of piperidine rings is 1. The Kier molecular flexibility index (Phi) is 6.02. The van der Waals surface area contributed by atoms with Crippen LogP contribution < -0.4 is 39.6 Å². The summed E-state index contributed by atoms with van der Waals surface area (Å²) in [6.45, 7) is 0.733. The zero-order valence-electron chi connectivity index (χ0n) is 20.9. The molecule has 0 bridgehead atoms. The Balaban J connectivity index is 1.50. The van der Waals surface area contributed by atoms with E-state index in [9.17, 15) is 14.4 Å². The predicted molar refractivity (Wildman–Crippen MR) is 135 cm³/mol. The summed E-state index contributed by atoms with van der Waals surface area (Å²) >= 11 is 0. The first-order chi connectivity index (χ1) is 17.9. The Morgan fingerprint density at radius 2 is 1.57 bits per heavy atom. The van der Waals surface area contributed by atoms with Gasteiger partial charge in [0.1, 0.15) is 16.7 Å². The van der Waals surface area contributed by atoms with Gasteiger partial charge in [0.2, 0.25) is 11.7 Å². The van der Waals surface area contributed by atoms with Crippen LogP contribution in [0.3, 0.4) is 0 Å². The van der Waals surface area contributed by atoms with Gasteiger partial charge in [0.15, 0.2) is 11.5 Å². The number of aromatic amines is 1. The van der Waals surface area contributed by atoms with E-state index in [1.807, 2.05) is 4.90 Å². The zero-order chi connectivity index (χ0) is 26.3. The Bertz CT molecular complexity index is 1450. The maximum Gasteiger partial charge on any atom is 0.329 e. The molecule has 2 aliphatic rings. The maximum atomic E-state index is 13.1. The van der Waals surface area contributed by atoms with E-state index in [1.54, 1.807) is 30.3 Å². The number of benzene rings is 2. The first-order valence-electron chi connectivity index (χ1n) is 11.6. The van der Waals surface area contributed by atoms with Crippen molar-refractivity contribution < 1.29 is 28.5 Å². The lowest BCUT2D eigenvalue weighted by Gasteiger charge is -2.42. The number of carbonyl (C=O) groups is 2. The highest BCUT2D eigenvalue weighted by atomic mass is 16.5. The van der Waals surface area contributed by atoms with E-state index < -0.39 is 17.1 Å². The van der Waals surface area contributed by atoms with Crippen LogP contribution in [0.5, 0.6) is 23.0 Å². The van der Waals surface area contributed by atoms with E-state index in [4.69, 9.17) is 18.9 Å². The molecule has 0 saturated carbocycles. The van der Waals surface area contributed by atoms with Crippen molar-refractivity contribution in [3.05, 3.63) is 40.7 Å². The largest absolute Gasteiger partial charge is 0.495 e. The summed E-state index contributed by atoms with van der Waals surface area (Å²) in [5.41, 5.74) is -0.591. The van der Waals surface area contributed by atoms with Crippen LogP contribution >= 0.6 is 0 Å². The van der Waals surface area contributed by atoms with Gasteiger partial charge in [-0.05, 0) is 25.0 Å². The molecule has 0 radical (unpaired) electrons. The number of para-hydroxylation sites is 2. The number of hydrogen-bond acceptors (Lipinski definition) is 9. The van der Waals surface area contributed by atoms with Gasteiger partial charge in [-0.15, -0.1) is 0 Å². The third-order valence-corrected chi connectivity index (χ3v) is 6.99. The Hall–Kier alpha value is -4.48. The van der Waals surface area contributed by atoms with Crippen molar-refractivity contribution in [1.82, 2.24) is 15.3 Å². The van der Waals surface area contributed by atoms with Gasteiger partial charge >= 0.3 is 6.03 Å². The SMILES string of the molecule is COc1ccccc1N1C(=O)NC(=O)C12CCN(c1nc(=O)c3c(OC)c(OC)c(OC)cc3[nH]1)CC2. The third-order valence-electron chi connectivity index (χ3n) is 6.99. The lowest BCUT2D eigenvalue weighted by Crippen LogP contribution is -2.57. The molecule has 2 N–H and O–H groups in total. The molecule has 37 heavy (non-hydrogen) atoms. The lowest BCUT2D eigenvalue weighted by atomic mass is 9.85. The second kappa shape index (κ2) is 9.19. The number of imide groups is 1. The van der Waals surface area contributed by atoms with Gasteiger partial charge in [0, 0.05) is 19.2 Å². The highest BCUT2D eigenvalue weighted by molar-refractivity contribution is 6.17. The molecule has 0 atom stereocenters. The van der Waals surface area contributed by atoms with Gasteiger partial charge in [-0.3, -0.25) is 19.8 Å². The molecule has 2 aliphatic heterocycles. The summed E-state index contributed by atoms with van der Waals surface area (Å²) in [6, 6.07) is 8.25. The third kappa shape index (κ3) is 3.67. The minimum Gasteiger partial charge on any atom is -0.495 e. The van der Waals surface area contributed by atoms with E-state index in [1.165, 1.54) is 33.3 Å². The Morgan fingerprint density at radius 1 is 0.892 bits per heavy atom. The number of aromatic nitrogens is 2. The van der Waals surface area contributed by atoms with Crippen LogP contribution in [0.1, 0.15) is 12.8 Å². The van der Waals surface area contributed by atoms with Crippen LogP contribution in [0.15, 0.2) is 35.1 Å². The summed E-state index contributed by atoms with van der Waals surface area (Å²) in [6.07, 6.45) is 0.638. The van der Waals surface area contributed by atoms with Crippen LogP contribution in [0.25, 0.3) is 10.9 Å². The average Bonchev–Trinajstić information content (AvgIpc) is 3.15. The quantitative estimate of drug-likeness (QED) is 0.479. The number of H-pyrrole nitrogens is 1. The molecule has 5 rings (SSSR count). The van der Waals surface area contributed by atoms with Crippen LogP contribution in [-0.4, -0.2) is 69.0 Å². The second-order valence-corrected chi connectivity index (χ2v) is 8.72. The topological polar surface area (TPSA) is 135 Å². The molecule has 194 valence electrons. The van der Waals surface area contributed by atoms with Gasteiger partial charge in [0.25, 0.3) is 11.5 Å². The highest BCUT2D eigenvalue weighted by Gasteiger charge is 2.55. The molecule has 1 spiro atoms. The van der Waals surface area contributed by atoms with E-state index in [2.05, 4.69) is 15.3 Å². The number of nitrogens with one attached hydrogen (secondary N) is 2. The summed E-state index contributed by atoms with van der Waals surface area (Å²) in [4.78, 5) is 49.8. The number of urea groups is 1. The zero-order valence-corrected chi connectivity index (χ0v) is 20.9. The van der Waals surface area contributed by atoms with Crippen LogP contribution in [0, 0.1) is 0 Å². The standard InChI is InChI=1S/C25H27N5O7/c1-34-16-8-6-5-7-15(16)30-24(33)28-22(32)25(30)9-11-29(12-10-25)23-26-14-13-17(35-2)19(36-3)20(37-4)18(14)21(31)27-23/h5-8,13H,9-12H2,1-4H3,(H,26,27,31)(H,28,32,33). The molecule has 12 nitrogen and oxygen atoms in total. The smallest absolute Gasteiger partial charge is 0.329 e. The fourth-order valence-electron chi connectivity index (χ4n) is 5.18. The summed E-state index contributed by atoms with van der Waals surface area (Å²) < 4.78 is 21.7. The molecule has 3 aromatic rings. The van der Waals surface area contributed by atoms with Gasteiger partial charge in [-0.25, -0.2) is 4.79 Å². The number of hydrogen-bond donors (Lipinski definition) is 2. The van der Waals surface area contributed by atoms with Crippen molar-refractivity contribution in [2.45, 2.75) is 18.4 Å². The van der Waals surface area contributed by atoms with Crippen molar-refractivity contribution in [3.63, 3.8) is 0 Å². The van der Waals surface area contributed by atoms with Gasteiger partial charge in [-0.2, -0.15) is 4.98 Å². The van der Waals surface area contributed by atoms with E-state index >= 15 is 0 Å². The first kappa shape index (κ1) is 24.2. The fourth-order valence-corrected chi connectivity index (χ4v) is 5.18. The molecule has 2 aromatic carbocycles. The molecule has 12 heteroatoms. The van der Waals surface area contributed by atoms with Crippen molar-refractivity contribution in [3.8, 4) is 23.0 Å². The van der Waals surface area contributed by atoms with Gasteiger partial charge < -0.3 is 28.8 Å². The highest BCUT2D eigenvalue weighted by Crippen LogP contribution is 2.43.